The van der Waals surface area contributed by atoms with Crippen LogP contribution in [0.25, 0.3) is 32.7 Å². The van der Waals surface area contributed by atoms with Crippen LogP contribution in [-0.2, 0) is 6.42 Å². The van der Waals surface area contributed by atoms with Gasteiger partial charge in [-0.1, -0.05) is 66.7 Å². The Hall–Kier alpha value is -2.60. The molecule has 104 valence electrons. The number of hydrogen-bond acceptors (Lipinski definition) is 0. The van der Waals surface area contributed by atoms with Gasteiger partial charge in [0.05, 0.1) is 0 Å². The molecule has 0 fully saturated rings. The van der Waals surface area contributed by atoms with Crippen molar-refractivity contribution in [2.45, 2.75) is 13.3 Å². The second-order valence-electron chi connectivity index (χ2n) is 6.26. The third kappa shape index (κ3) is 1.47. The van der Waals surface area contributed by atoms with Crippen LogP contribution >= 0.6 is 0 Å². The molecule has 0 amide bonds. The van der Waals surface area contributed by atoms with Crippen LogP contribution in [0.1, 0.15) is 16.7 Å². The molecule has 1 aliphatic carbocycles. The highest BCUT2D eigenvalue weighted by Crippen LogP contribution is 2.43. The van der Waals surface area contributed by atoms with E-state index in [0.29, 0.717) is 0 Å². The van der Waals surface area contributed by atoms with Crippen LogP contribution in [0.3, 0.4) is 0 Å². The first-order valence-corrected chi connectivity index (χ1v) is 7.85. The topological polar surface area (TPSA) is 0 Å². The first-order valence-electron chi connectivity index (χ1n) is 7.85. The molecule has 0 aromatic heterocycles. The Kier molecular flexibility index (Phi) is 2.29. The van der Waals surface area contributed by atoms with Gasteiger partial charge in [0.1, 0.15) is 0 Å². The van der Waals surface area contributed by atoms with Crippen molar-refractivity contribution in [3.05, 3.63) is 83.4 Å². The van der Waals surface area contributed by atoms with E-state index in [4.69, 9.17) is 0 Å². The third-order valence-corrected chi connectivity index (χ3v) is 5.06. The number of rotatable bonds is 0. The average Bonchev–Trinajstić information content (AvgIpc) is 2.95. The highest BCUT2D eigenvalue weighted by atomic mass is 14.3. The minimum absolute atomic E-state index is 1.07. The summed E-state index contributed by atoms with van der Waals surface area (Å²) in [7, 11) is 0. The van der Waals surface area contributed by atoms with E-state index in [1.54, 1.807) is 0 Å². The van der Waals surface area contributed by atoms with Gasteiger partial charge in [-0.3, -0.25) is 0 Å². The lowest BCUT2D eigenvalue weighted by Gasteiger charge is -2.10. The number of benzene rings is 4. The summed E-state index contributed by atoms with van der Waals surface area (Å²) < 4.78 is 0. The summed E-state index contributed by atoms with van der Waals surface area (Å²) in [5.41, 5.74) is 7.24. The Balaban J connectivity index is 1.96. The molecular weight excluding hydrogens is 264 g/mol. The maximum atomic E-state index is 2.32. The fourth-order valence-electron chi connectivity index (χ4n) is 3.96. The van der Waals surface area contributed by atoms with E-state index in [2.05, 4.69) is 73.7 Å². The van der Waals surface area contributed by atoms with Crippen molar-refractivity contribution < 1.29 is 0 Å². The zero-order chi connectivity index (χ0) is 14.7. The molecule has 0 N–H and O–H groups in total. The highest BCUT2D eigenvalue weighted by Gasteiger charge is 2.22. The summed E-state index contributed by atoms with van der Waals surface area (Å²) in [5, 5.41) is 5.42. The molecule has 0 nitrogen and oxygen atoms in total. The van der Waals surface area contributed by atoms with Gasteiger partial charge in [-0.05, 0) is 62.7 Å². The van der Waals surface area contributed by atoms with Crippen molar-refractivity contribution >= 4 is 21.5 Å². The maximum Gasteiger partial charge on any atom is -0.00106 e. The Morgan fingerprint density at radius 2 is 1.55 bits per heavy atom. The van der Waals surface area contributed by atoms with Gasteiger partial charge >= 0.3 is 0 Å². The van der Waals surface area contributed by atoms with Crippen molar-refractivity contribution in [2.24, 2.45) is 0 Å². The molecule has 0 spiro atoms. The Labute approximate surface area is 130 Å². The zero-order valence-electron chi connectivity index (χ0n) is 12.6. The molecule has 22 heavy (non-hydrogen) atoms. The lowest BCUT2D eigenvalue weighted by molar-refractivity contribution is 1.22. The lowest BCUT2D eigenvalue weighted by atomic mass is 9.94. The summed E-state index contributed by atoms with van der Waals surface area (Å²) in [6.07, 6.45) is 1.07. The predicted molar refractivity (Wildman–Crippen MR) is 94.4 cm³/mol. The second-order valence-corrected chi connectivity index (χ2v) is 6.26. The molecule has 0 radical (unpaired) electrons. The molecule has 5 rings (SSSR count). The van der Waals surface area contributed by atoms with E-state index in [1.165, 1.54) is 49.4 Å². The van der Waals surface area contributed by atoms with Crippen LogP contribution in [0.5, 0.6) is 0 Å². The fraction of sp³-hybridized carbons (Fsp3) is 0.0909. The smallest absolute Gasteiger partial charge is 0.00106 e. The Bertz CT molecular complexity index is 1050. The summed E-state index contributed by atoms with van der Waals surface area (Å²) in [5.74, 6) is 0. The van der Waals surface area contributed by atoms with E-state index in [0.717, 1.165) is 6.42 Å². The molecule has 0 bridgehead atoms. The van der Waals surface area contributed by atoms with Crippen molar-refractivity contribution in [1.82, 2.24) is 0 Å². The minimum Gasteiger partial charge on any atom is -0.0616 e. The molecule has 0 aliphatic heterocycles. The monoisotopic (exact) mass is 280 g/mol. The standard InChI is InChI=1S/C22H16/c1-14-5-4-8-19-21(14)13-16-10-11-18-17-7-3-2-6-15(17)9-12-20(18)22(16)19/h2-12H,13H2,1H3. The molecular formula is C22H16. The molecule has 0 saturated carbocycles. The Morgan fingerprint density at radius 3 is 2.50 bits per heavy atom. The van der Waals surface area contributed by atoms with Gasteiger partial charge in [0, 0.05) is 0 Å². The van der Waals surface area contributed by atoms with Crippen LogP contribution in [-0.4, -0.2) is 0 Å². The van der Waals surface area contributed by atoms with E-state index in [9.17, 15) is 0 Å². The SMILES string of the molecule is Cc1cccc2c1Cc1ccc3c(ccc4ccccc43)c1-2. The average molecular weight is 280 g/mol. The molecule has 4 aromatic rings. The summed E-state index contributed by atoms with van der Waals surface area (Å²) in [6.45, 7) is 2.22. The molecule has 0 saturated heterocycles. The molecule has 1 aliphatic rings. The summed E-state index contributed by atoms with van der Waals surface area (Å²) in [6, 6.07) is 24.5. The number of fused-ring (bicyclic) bond motifs is 7. The van der Waals surface area contributed by atoms with E-state index in [1.807, 2.05) is 0 Å². The van der Waals surface area contributed by atoms with Gasteiger partial charge in [0.25, 0.3) is 0 Å². The largest absolute Gasteiger partial charge is 0.0616 e. The number of hydrogen-bond donors (Lipinski definition) is 0. The Morgan fingerprint density at radius 1 is 0.682 bits per heavy atom. The quantitative estimate of drug-likeness (QED) is 0.311. The minimum atomic E-state index is 1.07. The predicted octanol–water partition coefficient (Wildman–Crippen LogP) is 5.87. The first kappa shape index (κ1) is 12.0. The molecule has 0 atom stereocenters. The van der Waals surface area contributed by atoms with Gasteiger partial charge in [-0.2, -0.15) is 0 Å². The van der Waals surface area contributed by atoms with Crippen molar-refractivity contribution in [2.75, 3.05) is 0 Å². The van der Waals surface area contributed by atoms with Gasteiger partial charge in [-0.25, -0.2) is 0 Å². The fourth-order valence-corrected chi connectivity index (χ4v) is 3.96. The van der Waals surface area contributed by atoms with Gasteiger partial charge in [0.15, 0.2) is 0 Å². The molecule has 0 unspecified atom stereocenters. The summed E-state index contributed by atoms with van der Waals surface area (Å²) in [4.78, 5) is 0. The highest BCUT2D eigenvalue weighted by molar-refractivity contribution is 6.13. The van der Waals surface area contributed by atoms with Gasteiger partial charge < -0.3 is 0 Å². The van der Waals surface area contributed by atoms with Crippen molar-refractivity contribution in [1.29, 1.82) is 0 Å². The third-order valence-electron chi connectivity index (χ3n) is 5.06. The maximum absolute atomic E-state index is 2.32. The van der Waals surface area contributed by atoms with Crippen molar-refractivity contribution in [3.8, 4) is 11.1 Å². The van der Waals surface area contributed by atoms with Crippen LogP contribution in [0.15, 0.2) is 66.7 Å². The first-order chi connectivity index (χ1) is 10.8. The van der Waals surface area contributed by atoms with Crippen LogP contribution < -0.4 is 0 Å². The molecule has 0 heteroatoms. The van der Waals surface area contributed by atoms with E-state index >= 15 is 0 Å². The van der Waals surface area contributed by atoms with E-state index in [-0.39, 0.29) is 0 Å². The van der Waals surface area contributed by atoms with Gasteiger partial charge in [0.2, 0.25) is 0 Å². The van der Waals surface area contributed by atoms with Gasteiger partial charge in [-0.15, -0.1) is 0 Å². The van der Waals surface area contributed by atoms with Crippen molar-refractivity contribution in [3.63, 3.8) is 0 Å². The molecule has 0 heterocycles. The normalized spacial score (nSPS) is 12.6. The zero-order valence-corrected chi connectivity index (χ0v) is 12.6. The van der Waals surface area contributed by atoms with Crippen LogP contribution in [0, 0.1) is 6.92 Å². The lowest BCUT2D eigenvalue weighted by Crippen LogP contribution is -1.84. The van der Waals surface area contributed by atoms with Crippen LogP contribution in [0.2, 0.25) is 0 Å². The van der Waals surface area contributed by atoms with E-state index < -0.39 is 0 Å². The van der Waals surface area contributed by atoms with Crippen LogP contribution in [0.4, 0.5) is 0 Å². The molecule has 4 aromatic carbocycles. The summed E-state index contributed by atoms with van der Waals surface area (Å²) >= 11 is 0. The second kappa shape index (κ2) is 4.20. The number of aryl methyl sites for hydroxylation is 1.